The molecule has 2 rings (SSSR count). The third-order valence-corrected chi connectivity index (χ3v) is 4.03. The highest BCUT2D eigenvalue weighted by Crippen LogP contribution is 2.30. The van der Waals surface area contributed by atoms with E-state index in [9.17, 15) is 37.8 Å². The Balaban J connectivity index is 1.96. The third kappa shape index (κ3) is 6.70. The van der Waals surface area contributed by atoms with Crippen molar-refractivity contribution in [1.82, 2.24) is 14.9 Å². The molecule has 0 bridgehead atoms. The van der Waals surface area contributed by atoms with E-state index in [2.05, 4.69) is 10.3 Å². The molecule has 1 saturated heterocycles. The van der Waals surface area contributed by atoms with Gasteiger partial charge in [0.1, 0.15) is 30.9 Å². The van der Waals surface area contributed by atoms with E-state index in [1.807, 2.05) is 0 Å². The Morgan fingerprint density at radius 2 is 2.10 bits per heavy atom. The number of alkyl halides is 3. The molecule has 2 heterocycles. The minimum absolute atomic E-state index is 0.00675. The summed E-state index contributed by atoms with van der Waals surface area (Å²) in [5.74, 6) is -2.56. The largest absolute Gasteiger partial charge is 0.471 e. The zero-order chi connectivity index (χ0) is 23.2. The number of nitrogens with one attached hydrogen (secondary N) is 2. The van der Waals surface area contributed by atoms with Crippen LogP contribution in [0.15, 0.2) is 17.1 Å². The Labute approximate surface area is 172 Å². The van der Waals surface area contributed by atoms with Gasteiger partial charge in [0, 0.05) is 19.7 Å². The summed E-state index contributed by atoms with van der Waals surface area (Å²) in [5, 5.41) is 23.5. The smallest absolute Gasteiger partial charge is 0.394 e. The van der Waals surface area contributed by atoms with Crippen LogP contribution in [-0.2, 0) is 23.8 Å². The second-order valence-corrected chi connectivity index (χ2v) is 6.33. The van der Waals surface area contributed by atoms with Crippen LogP contribution in [0, 0.1) is 0 Å². The molecule has 1 aliphatic heterocycles. The molecule has 0 radical (unpaired) electrons. The molecule has 4 atom stereocenters. The zero-order valence-electron chi connectivity index (χ0n) is 16.2. The summed E-state index contributed by atoms with van der Waals surface area (Å²) in [4.78, 5) is 37.7. The van der Waals surface area contributed by atoms with Gasteiger partial charge >= 0.3 is 17.8 Å². The molecule has 1 aliphatic rings. The summed E-state index contributed by atoms with van der Waals surface area (Å²) in [6.07, 6.45) is -8.65. The molecule has 0 unspecified atom stereocenters. The van der Waals surface area contributed by atoms with Gasteiger partial charge in [-0.25, -0.2) is 4.79 Å². The monoisotopic (exact) mass is 454 g/mol. The van der Waals surface area contributed by atoms with Crippen molar-refractivity contribution in [3.05, 3.63) is 22.7 Å². The molecular weight excluding hydrogens is 433 g/mol. The lowest BCUT2D eigenvalue weighted by atomic mass is 10.1. The molecule has 15 heteroatoms. The highest BCUT2D eigenvalue weighted by molar-refractivity contribution is 5.87. The fourth-order valence-corrected chi connectivity index (χ4v) is 2.65. The second kappa shape index (κ2) is 10.6. The molecule has 0 spiro atoms. The van der Waals surface area contributed by atoms with Crippen LogP contribution < -0.4 is 16.3 Å². The molecule has 12 nitrogen and oxygen atoms in total. The Bertz CT molecular complexity index is 834. The number of aliphatic hydroxyl groups excluding tert-OH is 2. The van der Waals surface area contributed by atoms with E-state index < -0.39 is 68.2 Å². The molecule has 31 heavy (non-hydrogen) atoms. The number of aromatic nitrogens is 2. The maximum Gasteiger partial charge on any atom is 0.471 e. The Morgan fingerprint density at radius 1 is 1.39 bits per heavy atom. The van der Waals surface area contributed by atoms with E-state index in [1.165, 1.54) is 19.2 Å². The van der Waals surface area contributed by atoms with Gasteiger partial charge in [-0.3, -0.25) is 14.2 Å². The average Bonchev–Trinajstić information content (AvgIpc) is 2.98. The Morgan fingerprint density at radius 3 is 2.68 bits per heavy atom. The molecule has 1 fully saturated rings. The van der Waals surface area contributed by atoms with Gasteiger partial charge in [-0.2, -0.15) is 18.2 Å². The van der Waals surface area contributed by atoms with Crippen molar-refractivity contribution in [3.63, 3.8) is 0 Å². The Kier molecular flexibility index (Phi) is 8.46. The number of anilines is 1. The molecule has 1 aromatic heterocycles. The highest BCUT2D eigenvalue weighted by atomic mass is 19.4. The number of carbonyl (C=O) groups is 2. The van der Waals surface area contributed by atoms with Gasteiger partial charge in [-0.1, -0.05) is 0 Å². The van der Waals surface area contributed by atoms with E-state index in [1.54, 1.807) is 5.32 Å². The standard InChI is InChI=1S/C16H21F3N4O8/c1-8(25)21-10-2-4-23(15(28)22-10)13-12(11(26)9(6-24)31-13)30-7-29-5-3-20-14(27)16(17,18)19/h2,4,9,11-13,24,26H,3,5-7H2,1H3,(H,20,27)(H,21,22,25,28)/t9-,11+,12-,13-/m1/s1. The van der Waals surface area contributed by atoms with Gasteiger partial charge in [0.25, 0.3) is 0 Å². The van der Waals surface area contributed by atoms with E-state index in [0.29, 0.717) is 0 Å². The second-order valence-electron chi connectivity index (χ2n) is 6.33. The van der Waals surface area contributed by atoms with Gasteiger partial charge < -0.3 is 35.1 Å². The molecule has 0 aliphatic carbocycles. The zero-order valence-corrected chi connectivity index (χ0v) is 16.2. The van der Waals surface area contributed by atoms with Gasteiger partial charge in [-0.15, -0.1) is 0 Å². The lowest BCUT2D eigenvalue weighted by Crippen LogP contribution is -2.39. The minimum atomic E-state index is -5.01. The number of hydrogen-bond acceptors (Lipinski definition) is 9. The van der Waals surface area contributed by atoms with Crippen LogP contribution in [0.4, 0.5) is 19.0 Å². The lowest BCUT2D eigenvalue weighted by Gasteiger charge is -2.22. The minimum Gasteiger partial charge on any atom is -0.394 e. The summed E-state index contributed by atoms with van der Waals surface area (Å²) in [6.45, 7) is -0.648. The molecular formula is C16H21F3N4O8. The number of amides is 2. The van der Waals surface area contributed by atoms with Crippen molar-refractivity contribution in [2.45, 2.75) is 37.6 Å². The summed E-state index contributed by atoms with van der Waals surface area (Å²) in [7, 11) is 0. The van der Waals surface area contributed by atoms with Crippen LogP contribution in [0.25, 0.3) is 0 Å². The van der Waals surface area contributed by atoms with Crippen LogP contribution in [0.3, 0.4) is 0 Å². The van der Waals surface area contributed by atoms with E-state index in [0.717, 1.165) is 4.57 Å². The van der Waals surface area contributed by atoms with Gasteiger partial charge in [0.2, 0.25) is 5.91 Å². The average molecular weight is 454 g/mol. The number of ether oxygens (including phenoxy) is 3. The predicted molar refractivity (Wildman–Crippen MR) is 94.6 cm³/mol. The predicted octanol–water partition coefficient (Wildman–Crippen LogP) is -1.51. The van der Waals surface area contributed by atoms with Crippen LogP contribution in [0.2, 0.25) is 0 Å². The number of nitrogens with zero attached hydrogens (tertiary/aromatic N) is 2. The fraction of sp³-hybridized carbons (Fsp3) is 0.625. The van der Waals surface area contributed by atoms with E-state index in [-0.39, 0.29) is 12.4 Å². The third-order valence-electron chi connectivity index (χ3n) is 4.03. The number of hydrogen-bond donors (Lipinski definition) is 4. The number of carbonyl (C=O) groups excluding carboxylic acids is 2. The van der Waals surface area contributed by atoms with Crippen molar-refractivity contribution in [1.29, 1.82) is 0 Å². The molecule has 0 saturated carbocycles. The summed E-state index contributed by atoms with van der Waals surface area (Å²) >= 11 is 0. The number of rotatable bonds is 9. The molecule has 1 aromatic rings. The topological polar surface area (TPSA) is 161 Å². The van der Waals surface area contributed by atoms with Crippen molar-refractivity contribution in [2.75, 3.05) is 31.9 Å². The molecule has 174 valence electrons. The van der Waals surface area contributed by atoms with Crippen molar-refractivity contribution in [2.24, 2.45) is 0 Å². The van der Waals surface area contributed by atoms with Crippen LogP contribution in [0.1, 0.15) is 13.2 Å². The first-order valence-electron chi connectivity index (χ1n) is 8.90. The van der Waals surface area contributed by atoms with Gasteiger partial charge in [-0.05, 0) is 6.07 Å². The first-order chi connectivity index (χ1) is 14.5. The van der Waals surface area contributed by atoms with Gasteiger partial charge in [0.15, 0.2) is 6.23 Å². The van der Waals surface area contributed by atoms with Crippen molar-refractivity contribution >= 4 is 17.6 Å². The highest BCUT2D eigenvalue weighted by Gasteiger charge is 2.46. The maximum atomic E-state index is 12.3. The fourth-order valence-electron chi connectivity index (χ4n) is 2.65. The van der Waals surface area contributed by atoms with E-state index >= 15 is 0 Å². The summed E-state index contributed by atoms with van der Waals surface area (Å²) < 4.78 is 52.9. The SMILES string of the molecule is CC(=O)Nc1ccn([C@@H]2O[C@H](CO)[C@H](O)[C@H]2OCOCCNC(=O)C(F)(F)F)c(=O)n1. The van der Waals surface area contributed by atoms with Gasteiger partial charge in [0.05, 0.1) is 13.2 Å². The molecule has 2 amide bonds. The first kappa shape index (κ1) is 24.7. The molecule has 4 N–H and O–H groups in total. The number of aliphatic hydroxyl groups is 2. The van der Waals surface area contributed by atoms with Crippen LogP contribution in [-0.4, -0.2) is 82.6 Å². The van der Waals surface area contributed by atoms with Crippen LogP contribution in [0.5, 0.6) is 0 Å². The summed E-state index contributed by atoms with van der Waals surface area (Å²) in [6, 6.07) is 1.31. The quantitative estimate of drug-likeness (QED) is 0.257. The Hall–Kier alpha value is -2.59. The van der Waals surface area contributed by atoms with Crippen molar-refractivity contribution in [3.8, 4) is 0 Å². The van der Waals surface area contributed by atoms with Crippen LogP contribution >= 0.6 is 0 Å². The normalized spacial score (nSPS) is 23.5. The molecule has 0 aromatic carbocycles. The first-order valence-corrected chi connectivity index (χ1v) is 8.90. The van der Waals surface area contributed by atoms with Crippen molar-refractivity contribution < 1.29 is 47.2 Å². The number of halogens is 3. The lowest BCUT2D eigenvalue weighted by molar-refractivity contribution is -0.174. The van der Waals surface area contributed by atoms with E-state index in [4.69, 9.17) is 14.2 Å². The maximum absolute atomic E-state index is 12.3. The summed E-state index contributed by atoms with van der Waals surface area (Å²) in [5.41, 5.74) is -0.841.